The molecule has 2 aromatic heterocycles. The van der Waals surface area contributed by atoms with E-state index >= 15 is 0 Å². The van der Waals surface area contributed by atoms with Gasteiger partial charge in [0, 0.05) is 30.2 Å². The number of halogens is 2. The summed E-state index contributed by atoms with van der Waals surface area (Å²) in [5.74, 6) is -0.123. The van der Waals surface area contributed by atoms with Crippen LogP contribution < -0.4 is 14.8 Å². The fraction of sp³-hybridized carbons (Fsp3) is 0.348. The highest BCUT2D eigenvalue weighted by atomic mass is 35.5. The van der Waals surface area contributed by atoms with Crippen molar-refractivity contribution >= 4 is 34.4 Å². The zero-order valence-corrected chi connectivity index (χ0v) is 17.8. The third-order valence-electron chi connectivity index (χ3n) is 6.06. The summed E-state index contributed by atoms with van der Waals surface area (Å²) >= 11 is 5.64. The lowest BCUT2D eigenvalue weighted by atomic mass is 9.38. The van der Waals surface area contributed by atoms with Crippen molar-refractivity contribution in [3.63, 3.8) is 0 Å². The Morgan fingerprint density at radius 3 is 2.69 bits per heavy atom. The van der Waals surface area contributed by atoms with E-state index < -0.39 is 5.82 Å². The summed E-state index contributed by atoms with van der Waals surface area (Å²) in [4.78, 5) is 28.8. The van der Waals surface area contributed by atoms with Gasteiger partial charge in [-0.2, -0.15) is 0 Å². The van der Waals surface area contributed by atoms with E-state index in [1.165, 1.54) is 12.1 Å². The number of benzene rings is 1. The fourth-order valence-electron chi connectivity index (χ4n) is 4.91. The molecule has 2 heterocycles. The number of ketones is 1. The van der Waals surface area contributed by atoms with Gasteiger partial charge in [0.2, 0.25) is 0 Å². The number of nitrogens with one attached hydrogen (secondary N) is 1. The second kappa shape index (κ2) is 7.78. The van der Waals surface area contributed by atoms with Crippen LogP contribution in [0.25, 0.3) is 11.1 Å². The molecule has 3 saturated carbocycles. The molecule has 32 heavy (non-hydrogen) atoms. The molecule has 0 spiro atoms. The number of Topliss-reactive ketones (excluding diaryl/α,β-unsaturated/α-hetero) is 1. The van der Waals surface area contributed by atoms with Gasteiger partial charge in [-0.25, -0.2) is 9.37 Å². The average Bonchev–Trinajstić information content (AvgIpc) is 3.18. The molecule has 7 nitrogen and oxygen atoms in total. The molecular formula is C23H20ClFN2O5. The molecule has 3 fully saturated rings. The number of rotatable bonds is 9. The third-order valence-corrected chi connectivity index (χ3v) is 6.36. The molecule has 3 aliphatic carbocycles. The third kappa shape index (κ3) is 4.02. The molecule has 3 aliphatic rings. The lowest BCUT2D eigenvalue weighted by Gasteiger charge is -2.70. The predicted molar refractivity (Wildman–Crippen MR) is 113 cm³/mol. The van der Waals surface area contributed by atoms with Gasteiger partial charge in [-0.3, -0.25) is 9.59 Å². The normalized spacial score (nSPS) is 23.2. The number of hydrogen-bond acceptors (Lipinski definition) is 6. The second-order valence-corrected chi connectivity index (χ2v) is 9.11. The van der Waals surface area contributed by atoms with E-state index in [4.69, 9.17) is 25.5 Å². The standard InChI is InChI=1S/C23H20ClFN2O5/c24-17-2-1-15(5-18(17)25)31-9-14(28)7-22-11-23(12-22,13-22)27-21(29)10-32-16-6-20-19(26-8-16)3-4-30-20/h1-6,8H,7,9-13H2,(H,27,29). The van der Waals surface area contributed by atoms with Crippen LogP contribution in [-0.2, 0) is 9.59 Å². The van der Waals surface area contributed by atoms with E-state index in [0.29, 0.717) is 17.8 Å². The van der Waals surface area contributed by atoms with Crippen LogP contribution >= 0.6 is 11.6 Å². The summed E-state index contributed by atoms with van der Waals surface area (Å²) in [6.45, 7) is -0.239. The van der Waals surface area contributed by atoms with Gasteiger partial charge in [-0.15, -0.1) is 0 Å². The topological polar surface area (TPSA) is 90.7 Å². The molecule has 0 atom stereocenters. The van der Waals surface area contributed by atoms with E-state index in [1.807, 2.05) is 0 Å². The molecular weight excluding hydrogens is 439 g/mol. The lowest BCUT2D eigenvalue weighted by molar-refractivity contribution is -0.173. The van der Waals surface area contributed by atoms with Crippen molar-refractivity contribution in [1.29, 1.82) is 0 Å². The summed E-state index contributed by atoms with van der Waals surface area (Å²) in [5, 5.41) is 3.03. The van der Waals surface area contributed by atoms with Crippen molar-refractivity contribution in [1.82, 2.24) is 10.3 Å². The van der Waals surface area contributed by atoms with E-state index in [1.54, 1.807) is 24.6 Å². The van der Waals surface area contributed by atoms with Crippen molar-refractivity contribution < 1.29 is 27.9 Å². The van der Waals surface area contributed by atoms with E-state index in [2.05, 4.69) is 10.3 Å². The number of fused-ring (bicyclic) bond motifs is 1. The van der Waals surface area contributed by atoms with Gasteiger partial charge in [0.05, 0.1) is 17.5 Å². The van der Waals surface area contributed by atoms with Gasteiger partial charge in [0.25, 0.3) is 5.91 Å². The van der Waals surface area contributed by atoms with Crippen molar-refractivity contribution in [3.05, 3.63) is 53.6 Å². The first-order valence-corrected chi connectivity index (χ1v) is 10.6. The first-order valence-electron chi connectivity index (χ1n) is 10.2. The number of furan rings is 1. The summed E-state index contributed by atoms with van der Waals surface area (Å²) in [6.07, 6.45) is 5.74. The Morgan fingerprint density at radius 1 is 1.12 bits per heavy atom. The number of aromatic nitrogens is 1. The molecule has 9 heteroatoms. The van der Waals surface area contributed by atoms with Crippen LogP contribution in [0.4, 0.5) is 4.39 Å². The minimum atomic E-state index is -0.588. The number of amides is 1. The summed E-state index contributed by atoms with van der Waals surface area (Å²) < 4.78 is 29.6. The minimum Gasteiger partial charge on any atom is -0.486 e. The van der Waals surface area contributed by atoms with Crippen LogP contribution in [-0.4, -0.2) is 35.4 Å². The smallest absolute Gasteiger partial charge is 0.258 e. The number of hydrogen-bond donors (Lipinski definition) is 1. The van der Waals surface area contributed by atoms with Gasteiger partial charge in [0.1, 0.15) is 29.4 Å². The lowest BCUT2D eigenvalue weighted by Crippen LogP contribution is -2.75. The highest BCUT2D eigenvalue weighted by molar-refractivity contribution is 6.30. The molecule has 1 aromatic carbocycles. The van der Waals surface area contributed by atoms with Gasteiger partial charge < -0.3 is 19.2 Å². The van der Waals surface area contributed by atoms with E-state index in [9.17, 15) is 14.0 Å². The van der Waals surface area contributed by atoms with Crippen molar-refractivity contribution in [2.45, 2.75) is 31.2 Å². The maximum absolute atomic E-state index is 13.4. The Balaban J connectivity index is 1.04. The largest absolute Gasteiger partial charge is 0.486 e. The van der Waals surface area contributed by atoms with Crippen LogP contribution in [0.1, 0.15) is 25.7 Å². The summed E-state index contributed by atoms with van der Waals surface area (Å²) in [5.41, 5.74) is 0.999. The van der Waals surface area contributed by atoms with Crippen LogP contribution in [0, 0.1) is 11.2 Å². The Morgan fingerprint density at radius 2 is 1.91 bits per heavy atom. The van der Waals surface area contributed by atoms with Crippen LogP contribution in [0.15, 0.2) is 47.2 Å². The number of carbonyl (C=O) groups is 2. The van der Waals surface area contributed by atoms with E-state index in [0.717, 1.165) is 30.8 Å². The monoisotopic (exact) mass is 458 g/mol. The Bertz CT molecular complexity index is 1190. The molecule has 1 N–H and O–H groups in total. The highest BCUT2D eigenvalue weighted by Crippen LogP contribution is 2.68. The molecule has 0 unspecified atom stereocenters. The summed E-state index contributed by atoms with van der Waals surface area (Å²) in [6, 6.07) is 7.51. The Hall–Kier alpha value is -3.13. The molecule has 1 amide bonds. The average molecular weight is 459 g/mol. The maximum atomic E-state index is 13.4. The van der Waals surface area contributed by atoms with Gasteiger partial charge in [-0.1, -0.05) is 11.6 Å². The van der Waals surface area contributed by atoms with Crippen LogP contribution in [0.5, 0.6) is 11.5 Å². The molecule has 0 radical (unpaired) electrons. The SMILES string of the molecule is O=C(COc1ccc(Cl)c(F)c1)CC12CC(NC(=O)COc3cnc4ccoc4c3)(C1)C2. The molecule has 0 aliphatic heterocycles. The zero-order valence-electron chi connectivity index (χ0n) is 17.0. The van der Waals surface area contributed by atoms with Gasteiger partial charge in [0.15, 0.2) is 18.0 Å². The summed E-state index contributed by atoms with van der Waals surface area (Å²) in [7, 11) is 0. The first kappa shape index (κ1) is 20.8. The maximum Gasteiger partial charge on any atom is 0.258 e. The Kier molecular flexibility index (Phi) is 5.04. The second-order valence-electron chi connectivity index (χ2n) is 8.70. The molecule has 166 valence electrons. The highest BCUT2D eigenvalue weighted by Gasteiger charge is 2.68. The predicted octanol–water partition coefficient (Wildman–Crippen LogP) is 4.08. The van der Waals surface area contributed by atoms with Crippen LogP contribution in [0.2, 0.25) is 5.02 Å². The molecule has 2 bridgehead atoms. The van der Waals surface area contributed by atoms with Crippen molar-refractivity contribution in [2.24, 2.45) is 5.41 Å². The quantitative estimate of drug-likeness (QED) is 0.519. The van der Waals surface area contributed by atoms with Crippen molar-refractivity contribution in [2.75, 3.05) is 13.2 Å². The van der Waals surface area contributed by atoms with Gasteiger partial charge in [-0.05, 0) is 36.8 Å². The van der Waals surface area contributed by atoms with Crippen molar-refractivity contribution in [3.8, 4) is 11.5 Å². The van der Waals surface area contributed by atoms with Crippen LogP contribution in [0.3, 0.4) is 0 Å². The fourth-order valence-corrected chi connectivity index (χ4v) is 5.02. The minimum absolute atomic E-state index is 0.00514. The number of carbonyl (C=O) groups excluding carboxylic acids is 2. The Labute approximate surface area is 187 Å². The van der Waals surface area contributed by atoms with E-state index in [-0.39, 0.29) is 46.6 Å². The zero-order chi connectivity index (χ0) is 22.3. The first-order chi connectivity index (χ1) is 15.3. The number of nitrogens with zero attached hydrogens (tertiary/aromatic N) is 1. The number of pyridine rings is 1. The van der Waals surface area contributed by atoms with Gasteiger partial charge >= 0.3 is 0 Å². The molecule has 6 rings (SSSR count). The molecule has 0 saturated heterocycles. The number of ether oxygens (including phenoxy) is 2. The molecule has 3 aromatic rings.